The zero-order chi connectivity index (χ0) is 14.6. The number of nitrogens with one attached hydrogen (secondary N) is 1. The Bertz CT molecular complexity index is 486. The summed E-state index contributed by atoms with van der Waals surface area (Å²) in [4.78, 5) is 21.6. The summed E-state index contributed by atoms with van der Waals surface area (Å²) in [6, 6.07) is 2.94. The Labute approximate surface area is 108 Å². The van der Waals surface area contributed by atoms with Crippen molar-refractivity contribution in [1.29, 1.82) is 0 Å². The summed E-state index contributed by atoms with van der Waals surface area (Å²) in [6.07, 6.45) is 0. The van der Waals surface area contributed by atoms with Gasteiger partial charge in [-0.3, -0.25) is 10.1 Å². The molecule has 1 atom stereocenters. The molecule has 0 saturated carbocycles. The van der Waals surface area contributed by atoms with E-state index in [2.05, 4.69) is 0 Å². The van der Waals surface area contributed by atoms with Gasteiger partial charge in [0.1, 0.15) is 0 Å². The fourth-order valence-corrected chi connectivity index (χ4v) is 1.28. The Hall–Kier alpha value is -2.03. The number of benzene rings is 1. The van der Waals surface area contributed by atoms with Crippen LogP contribution < -0.4 is 5.23 Å². The predicted molar refractivity (Wildman–Crippen MR) is 64.0 cm³/mol. The van der Waals surface area contributed by atoms with Gasteiger partial charge in [-0.25, -0.2) is 10.0 Å². The first-order valence-corrected chi connectivity index (χ1v) is 5.51. The number of carbonyl (C=O) groups excluding carboxylic acids is 1. The fraction of sp³-hybridized carbons (Fsp3) is 0.364. The Morgan fingerprint density at radius 2 is 2.11 bits per heavy atom. The Morgan fingerprint density at radius 1 is 1.47 bits per heavy atom. The number of carbonyl (C=O) groups is 1. The molecule has 19 heavy (non-hydrogen) atoms. The zero-order valence-electron chi connectivity index (χ0n) is 10.5. The molecule has 0 saturated heterocycles. The largest absolute Gasteiger partial charge is 0.595 e. The number of esters is 1. The highest BCUT2D eigenvalue weighted by molar-refractivity contribution is 5.91. The predicted octanol–water partition coefficient (Wildman–Crippen LogP) is 0.811. The lowest BCUT2D eigenvalue weighted by atomic mass is 10.1. The first-order valence-electron chi connectivity index (χ1n) is 5.51. The van der Waals surface area contributed by atoms with Crippen molar-refractivity contribution in [2.75, 3.05) is 6.61 Å². The van der Waals surface area contributed by atoms with Crippen molar-refractivity contribution in [3.63, 3.8) is 0 Å². The van der Waals surface area contributed by atoms with E-state index in [1.54, 1.807) is 0 Å². The van der Waals surface area contributed by atoms with E-state index in [0.717, 1.165) is 18.2 Å². The number of nitro benzene ring substituents is 1. The van der Waals surface area contributed by atoms with E-state index in [1.807, 2.05) is 13.8 Å². The fourth-order valence-electron chi connectivity index (χ4n) is 1.28. The highest BCUT2D eigenvalue weighted by atomic mass is 16.8. The van der Waals surface area contributed by atoms with Crippen LogP contribution in [0.15, 0.2) is 18.2 Å². The first kappa shape index (κ1) is 15.0. The molecule has 0 radical (unpaired) electrons. The first-order chi connectivity index (χ1) is 8.81. The maximum absolute atomic E-state index is 11.7. The summed E-state index contributed by atoms with van der Waals surface area (Å²) < 4.78 is 4.90. The van der Waals surface area contributed by atoms with Crippen LogP contribution in [-0.4, -0.2) is 22.7 Å². The summed E-state index contributed by atoms with van der Waals surface area (Å²) >= 11 is 0. The molecule has 104 valence electrons. The second-order valence-corrected chi connectivity index (χ2v) is 4.32. The van der Waals surface area contributed by atoms with Crippen LogP contribution in [0.4, 0.5) is 11.4 Å². The van der Waals surface area contributed by atoms with E-state index in [0.29, 0.717) is 0 Å². The molecule has 8 nitrogen and oxygen atoms in total. The molecule has 1 rings (SSSR count). The van der Waals surface area contributed by atoms with Crippen molar-refractivity contribution >= 4 is 17.3 Å². The molecule has 0 amide bonds. The van der Waals surface area contributed by atoms with Gasteiger partial charge in [0.05, 0.1) is 23.2 Å². The molecule has 1 aromatic carbocycles. The number of hydrogen-bond acceptors (Lipinski definition) is 6. The average molecular weight is 270 g/mol. The number of rotatable bonds is 5. The van der Waals surface area contributed by atoms with Crippen LogP contribution in [0, 0.1) is 21.2 Å². The van der Waals surface area contributed by atoms with E-state index < -0.39 is 21.8 Å². The molecule has 0 aromatic heterocycles. The van der Waals surface area contributed by atoms with Gasteiger partial charge in [0.25, 0.3) is 5.69 Å². The number of nitrogens with zero attached hydrogens (tertiary/aromatic N) is 1. The second-order valence-electron chi connectivity index (χ2n) is 4.32. The summed E-state index contributed by atoms with van der Waals surface area (Å²) in [7, 11) is 0. The molecular weight excluding hydrogens is 256 g/mol. The van der Waals surface area contributed by atoms with E-state index in [-0.39, 0.29) is 23.8 Å². The zero-order valence-corrected chi connectivity index (χ0v) is 10.5. The lowest BCUT2D eigenvalue weighted by Gasteiger charge is -2.12. The van der Waals surface area contributed by atoms with Gasteiger partial charge in [-0.15, -0.1) is 0 Å². The van der Waals surface area contributed by atoms with Gasteiger partial charge in [-0.2, -0.15) is 5.23 Å². The van der Waals surface area contributed by atoms with Crippen LogP contribution in [0.2, 0.25) is 0 Å². The quantitative estimate of drug-likeness (QED) is 0.464. The van der Waals surface area contributed by atoms with Gasteiger partial charge < -0.3 is 9.94 Å². The molecule has 8 heteroatoms. The van der Waals surface area contributed by atoms with E-state index in [4.69, 9.17) is 9.94 Å². The van der Waals surface area contributed by atoms with E-state index >= 15 is 0 Å². The minimum Gasteiger partial charge on any atom is -0.595 e. The van der Waals surface area contributed by atoms with Gasteiger partial charge in [0, 0.05) is 12.1 Å². The number of nitro groups is 1. The van der Waals surface area contributed by atoms with Gasteiger partial charge in [0.15, 0.2) is 5.69 Å². The van der Waals surface area contributed by atoms with Crippen molar-refractivity contribution < 1.29 is 24.9 Å². The number of hydrogen-bond donors (Lipinski definition) is 2. The Kier molecular flexibility index (Phi) is 4.93. The average Bonchev–Trinajstić information content (AvgIpc) is 2.35. The summed E-state index contributed by atoms with van der Waals surface area (Å²) in [5.41, 5.74) is -0.936. The molecule has 1 aromatic rings. The number of ether oxygens (including phenoxy) is 1. The highest BCUT2D eigenvalue weighted by Gasteiger charge is 2.18. The van der Waals surface area contributed by atoms with Crippen molar-refractivity contribution in [3.05, 3.63) is 39.1 Å². The molecule has 1 unspecified atom stereocenters. The molecule has 0 aliphatic heterocycles. The summed E-state index contributed by atoms with van der Waals surface area (Å²) in [5, 5.41) is 29.0. The molecule has 2 N–H and O–H groups in total. The lowest BCUT2D eigenvalue weighted by molar-refractivity contribution is -0.991. The van der Waals surface area contributed by atoms with Crippen LogP contribution in [0.25, 0.3) is 0 Å². The maximum Gasteiger partial charge on any atom is 0.338 e. The number of quaternary nitrogens is 1. The molecule has 0 aliphatic carbocycles. The maximum atomic E-state index is 11.7. The summed E-state index contributed by atoms with van der Waals surface area (Å²) in [5.74, 6) is -0.665. The van der Waals surface area contributed by atoms with Crippen LogP contribution >= 0.6 is 0 Å². The van der Waals surface area contributed by atoms with Crippen LogP contribution in [0.5, 0.6) is 0 Å². The van der Waals surface area contributed by atoms with Crippen LogP contribution in [-0.2, 0) is 4.74 Å². The number of non-ortho nitro benzene ring substituents is 1. The lowest BCUT2D eigenvalue weighted by Crippen LogP contribution is -2.99. The Morgan fingerprint density at radius 3 is 2.58 bits per heavy atom. The Balaban J connectivity index is 3.05. The molecule has 0 heterocycles. The standard InChI is InChI=1S/C11H14N2O6/c1-7(2)6-19-11(14)8-3-9(12(15)16)5-10(4-8)13(17)18/h3-5,7,12,15H,6H2,1-2H3. The molecule has 0 bridgehead atoms. The second kappa shape index (κ2) is 6.23. The van der Waals surface area contributed by atoms with Gasteiger partial charge >= 0.3 is 5.97 Å². The van der Waals surface area contributed by atoms with Crippen molar-refractivity contribution in [1.82, 2.24) is 0 Å². The third-order valence-corrected chi connectivity index (χ3v) is 2.16. The van der Waals surface area contributed by atoms with Crippen LogP contribution in [0.3, 0.4) is 0 Å². The van der Waals surface area contributed by atoms with Crippen LogP contribution in [0.1, 0.15) is 24.2 Å². The molecule has 0 fully saturated rings. The van der Waals surface area contributed by atoms with Gasteiger partial charge in [0.2, 0.25) is 0 Å². The third kappa shape index (κ3) is 4.28. The summed E-state index contributed by atoms with van der Waals surface area (Å²) in [6.45, 7) is 3.83. The normalized spacial score (nSPS) is 12.3. The SMILES string of the molecule is CC(C)COC(=O)c1cc([N+](=O)[O-])cc([NH+]([O-])O)c1. The topological polar surface area (TPSA) is 117 Å². The van der Waals surface area contributed by atoms with E-state index in [1.165, 1.54) is 0 Å². The van der Waals surface area contributed by atoms with Gasteiger partial charge in [-0.1, -0.05) is 13.8 Å². The minimum atomic E-state index is -1.35. The smallest absolute Gasteiger partial charge is 0.338 e. The monoisotopic (exact) mass is 270 g/mol. The molecule has 0 aliphatic rings. The van der Waals surface area contributed by atoms with E-state index in [9.17, 15) is 20.1 Å². The van der Waals surface area contributed by atoms with Crippen molar-refractivity contribution in [2.24, 2.45) is 5.92 Å². The van der Waals surface area contributed by atoms with Gasteiger partial charge in [-0.05, 0) is 5.92 Å². The molecule has 0 spiro atoms. The van der Waals surface area contributed by atoms with Crippen molar-refractivity contribution in [2.45, 2.75) is 13.8 Å². The molecular formula is C11H14N2O6. The third-order valence-electron chi connectivity index (χ3n) is 2.16. The minimum absolute atomic E-state index is 0.113. The highest BCUT2D eigenvalue weighted by Crippen LogP contribution is 2.19. The van der Waals surface area contributed by atoms with Crippen molar-refractivity contribution in [3.8, 4) is 0 Å².